The van der Waals surface area contributed by atoms with Gasteiger partial charge in [-0.25, -0.2) is 4.79 Å². The Kier molecular flexibility index (Phi) is 6.40. The molecule has 1 heterocycles. The van der Waals surface area contributed by atoms with Gasteiger partial charge >= 0.3 is 5.97 Å². The predicted molar refractivity (Wildman–Crippen MR) is 121 cm³/mol. The fourth-order valence-corrected chi connectivity index (χ4v) is 3.89. The minimum atomic E-state index is -0.657. The normalized spacial score (nSPS) is 17.4. The van der Waals surface area contributed by atoms with Crippen molar-refractivity contribution in [3.63, 3.8) is 0 Å². The van der Waals surface area contributed by atoms with Crippen LogP contribution in [0.4, 0.5) is 5.69 Å². The Bertz CT molecular complexity index is 1060. The number of rotatable bonds is 8. The van der Waals surface area contributed by atoms with Crippen molar-refractivity contribution in [1.29, 1.82) is 0 Å². The number of hydrogen-bond donors (Lipinski definition) is 0. The second-order valence-corrected chi connectivity index (χ2v) is 7.60. The largest absolute Gasteiger partial charge is 0.497 e. The lowest BCUT2D eigenvalue weighted by Gasteiger charge is -2.45. The standard InChI is InChI=1S/C26H25NO5/c1-30-21-14-10-20(11-15-21)27-24(26(29)31-2)23(25(27)28)16-18-8-12-22(13-9-18)32-17-19-6-4-3-5-7-19/h3-15,23-24H,16-17H2,1-2H3/t23-,24-/m0/s1. The molecule has 0 radical (unpaired) electrons. The first-order chi connectivity index (χ1) is 15.6. The van der Waals surface area contributed by atoms with E-state index in [0.29, 0.717) is 24.5 Å². The Morgan fingerprint density at radius 3 is 2.12 bits per heavy atom. The molecule has 164 valence electrons. The first kappa shape index (κ1) is 21.4. The van der Waals surface area contributed by atoms with Crippen molar-refractivity contribution in [2.45, 2.75) is 19.1 Å². The molecule has 3 aromatic rings. The number of anilines is 1. The molecule has 2 atom stereocenters. The summed E-state index contributed by atoms with van der Waals surface area (Å²) in [4.78, 5) is 26.9. The van der Waals surface area contributed by atoms with Crippen molar-refractivity contribution in [1.82, 2.24) is 0 Å². The molecular formula is C26H25NO5. The smallest absolute Gasteiger partial charge is 0.329 e. The average molecular weight is 431 g/mol. The highest BCUT2D eigenvalue weighted by atomic mass is 16.5. The zero-order valence-corrected chi connectivity index (χ0v) is 18.1. The number of nitrogens with zero attached hydrogens (tertiary/aromatic N) is 1. The van der Waals surface area contributed by atoms with Crippen LogP contribution in [0.25, 0.3) is 0 Å². The molecule has 0 aliphatic carbocycles. The van der Waals surface area contributed by atoms with Crippen molar-refractivity contribution in [2.75, 3.05) is 19.1 Å². The summed E-state index contributed by atoms with van der Waals surface area (Å²) in [6.07, 6.45) is 0.449. The Labute approximate surface area is 187 Å². The summed E-state index contributed by atoms with van der Waals surface area (Å²) < 4.78 is 16.0. The van der Waals surface area contributed by atoms with Crippen molar-refractivity contribution >= 4 is 17.6 Å². The van der Waals surface area contributed by atoms with Gasteiger partial charge in [0.2, 0.25) is 5.91 Å². The predicted octanol–water partition coefficient (Wildman–Crippen LogP) is 4.02. The third-order valence-corrected chi connectivity index (χ3v) is 5.63. The lowest BCUT2D eigenvalue weighted by atomic mass is 9.81. The van der Waals surface area contributed by atoms with Gasteiger partial charge in [-0.2, -0.15) is 0 Å². The molecule has 0 spiro atoms. The van der Waals surface area contributed by atoms with Gasteiger partial charge in [0.25, 0.3) is 0 Å². The third-order valence-electron chi connectivity index (χ3n) is 5.63. The number of benzene rings is 3. The van der Waals surface area contributed by atoms with Crippen molar-refractivity contribution in [3.05, 3.63) is 90.0 Å². The Morgan fingerprint density at radius 2 is 1.50 bits per heavy atom. The van der Waals surface area contributed by atoms with Crippen LogP contribution in [-0.4, -0.2) is 32.1 Å². The summed E-state index contributed by atoms with van der Waals surface area (Å²) in [6.45, 7) is 0.489. The van der Waals surface area contributed by atoms with Crippen LogP contribution in [-0.2, 0) is 27.4 Å². The van der Waals surface area contributed by atoms with Crippen LogP contribution in [0.1, 0.15) is 11.1 Å². The van der Waals surface area contributed by atoms with Gasteiger partial charge < -0.3 is 14.2 Å². The molecule has 0 unspecified atom stereocenters. The third kappa shape index (κ3) is 4.44. The van der Waals surface area contributed by atoms with Gasteiger partial charge in [0.05, 0.1) is 20.1 Å². The van der Waals surface area contributed by atoms with Gasteiger partial charge in [-0.05, 0) is 53.9 Å². The number of methoxy groups -OCH3 is 2. The van der Waals surface area contributed by atoms with Gasteiger partial charge in [-0.15, -0.1) is 0 Å². The molecular weight excluding hydrogens is 406 g/mol. The summed E-state index contributed by atoms with van der Waals surface area (Å²) in [5, 5.41) is 0. The summed E-state index contributed by atoms with van der Waals surface area (Å²) >= 11 is 0. The molecule has 0 N–H and O–H groups in total. The van der Waals surface area contributed by atoms with Gasteiger partial charge in [-0.3, -0.25) is 9.69 Å². The second-order valence-electron chi connectivity index (χ2n) is 7.60. The van der Waals surface area contributed by atoms with E-state index in [-0.39, 0.29) is 5.91 Å². The maximum Gasteiger partial charge on any atom is 0.329 e. The highest BCUT2D eigenvalue weighted by Crippen LogP contribution is 2.36. The molecule has 0 saturated carbocycles. The topological polar surface area (TPSA) is 65.1 Å². The number of carbonyl (C=O) groups excluding carboxylic acids is 2. The molecule has 0 aromatic heterocycles. The molecule has 1 aliphatic rings. The second kappa shape index (κ2) is 9.56. The minimum Gasteiger partial charge on any atom is -0.497 e. The zero-order valence-electron chi connectivity index (χ0n) is 18.1. The van der Waals surface area contributed by atoms with E-state index in [1.165, 1.54) is 12.0 Å². The zero-order chi connectivity index (χ0) is 22.5. The number of esters is 1. The number of ether oxygens (including phenoxy) is 3. The minimum absolute atomic E-state index is 0.102. The number of hydrogen-bond acceptors (Lipinski definition) is 5. The number of carbonyl (C=O) groups is 2. The summed E-state index contributed by atoms with van der Waals surface area (Å²) in [6, 6.07) is 24.0. The highest BCUT2D eigenvalue weighted by molar-refractivity contribution is 6.10. The van der Waals surface area contributed by atoms with Crippen LogP contribution in [0.3, 0.4) is 0 Å². The van der Waals surface area contributed by atoms with Crippen molar-refractivity contribution in [3.8, 4) is 11.5 Å². The molecule has 0 bridgehead atoms. The van der Waals surface area contributed by atoms with Crippen molar-refractivity contribution < 1.29 is 23.8 Å². The van der Waals surface area contributed by atoms with Crippen molar-refractivity contribution in [2.24, 2.45) is 5.92 Å². The Morgan fingerprint density at radius 1 is 0.844 bits per heavy atom. The van der Waals surface area contributed by atoms with Crippen LogP contribution >= 0.6 is 0 Å². The van der Waals surface area contributed by atoms with E-state index in [2.05, 4.69) is 0 Å². The van der Waals surface area contributed by atoms with E-state index < -0.39 is 17.9 Å². The van der Waals surface area contributed by atoms with Gasteiger partial charge in [0.1, 0.15) is 24.1 Å². The van der Waals surface area contributed by atoms with E-state index in [9.17, 15) is 9.59 Å². The van der Waals surface area contributed by atoms with Crippen LogP contribution in [0.5, 0.6) is 11.5 Å². The first-order valence-electron chi connectivity index (χ1n) is 10.4. The molecule has 1 fully saturated rings. The monoisotopic (exact) mass is 431 g/mol. The molecule has 1 saturated heterocycles. The lowest BCUT2D eigenvalue weighted by molar-refractivity contribution is -0.152. The van der Waals surface area contributed by atoms with Crippen LogP contribution in [0.15, 0.2) is 78.9 Å². The molecule has 3 aromatic carbocycles. The summed E-state index contributed by atoms with van der Waals surface area (Å²) in [5.41, 5.74) is 2.70. The molecule has 1 amide bonds. The number of amides is 1. The highest BCUT2D eigenvalue weighted by Gasteiger charge is 2.52. The summed E-state index contributed by atoms with van der Waals surface area (Å²) in [5.74, 6) is 0.438. The molecule has 6 nitrogen and oxygen atoms in total. The van der Waals surface area contributed by atoms with Crippen LogP contribution < -0.4 is 14.4 Å². The molecule has 4 rings (SSSR count). The van der Waals surface area contributed by atoms with E-state index in [0.717, 1.165) is 16.9 Å². The molecule has 32 heavy (non-hydrogen) atoms. The Balaban J connectivity index is 1.43. The fourth-order valence-electron chi connectivity index (χ4n) is 3.89. The molecule has 6 heteroatoms. The lowest BCUT2D eigenvalue weighted by Crippen LogP contribution is -2.65. The van der Waals surface area contributed by atoms with E-state index in [1.54, 1.807) is 31.4 Å². The van der Waals surface area contributed by atoms with Gasteiger partial charge in [-0.1, -0.05) is 42.5 Å². The SMILES string of the molecule is COC(=O)[C@@H]1[C@H](Cc2ccc(OCc3ccccc3)cc2)C(=O)N1c1ccc(OC)cc1. The van der Waals surface area contributed by atoms with E-state index in [4.69, 9.17) is 14.2 Å². The summed E-state index contributed by atoms with van der Waals surface area (Å²) in [7, 11) is 2.92. The van der Waals surface area contributed by atoms with Gasteiger partial charge in [0.15, 0.2) is 0 Å². The van der Waals surface area contributed by atoms with Gasteiger partial charge in [0, 0.05) is 5.69 Å². The molecule has 1 aliphatic heterocycles. The first-order valence-corrected chi connectivity index (χ1v) is 10.4. The Hall–Kier alpha value is -3.80. The average Bonchev–Trinajstić information content (AvgIpc) is 2.85. The maximum atomic E-state index is 12.9. The van der Waals surface area contributed by atoms with E-state index in [1.807, 2.05) is 54.6 Å². The fraction of sp³-hybridized carbons (Fsp3) is 0.231. The van der Waals surface area contributed by atoms with E-state index >= 15 is 0 Å². The van der Waals surface area contributed by atoms with Crippen LogP contribution in [0, 0.1) is 5.92 Å². The van der Waals surface area contributed by atoms with Crippen LogP contribution in [0.2, 0.25) is 0 Å². The quantitative estimate of drug-likeness (QED) is 0.398. The maximum absolute atomic E-state index is 12.9. The number of β-lactam (4-membered cyclic amide) rings is 1.